The Hall–Kier alpha value is -0.610. The third-order valence-electron chi connectivity index (χ3n) is 2.38. The molecule has 1 aliphatic heterocycles. The molecule has 1 rings (SSSR count). The van der Waals surface area contributed by atoms with Gasteiger partial charge in [-0.2, -0.15) is 0 Å². The van der Waals surface area contributed by atoms with Crippen molar-refractivity contribution in [2.24, 2.45) is 5.73 Å². The number of nitrogens with zero attached hydrogens (tertiary/aromatic N) is 1. The first-order valence-electron chi connectivity index (χ1n) is 4.52. The van der Waals surface area contributed by atoms with Crippen LogP contribution in [-0.2, 0) is 9.53 Å². The molecular formula is C9H18N2O2. The fourth-order valence-corrected chi connectivity index (χ4v) is 1.75. The van der Waals surface area contributed by atoms with Crippen LogP contribution in [0.4, 0.5) is 0 Å². The summed E-state index contributed by atoms with van der Waals surface area (Å²) in [6.07, 6.45) is 0.465. The largest absolute Gasteiger partial charge is 0.382 e. The van der Waals surface area contributed by atoms with E-state index in [1.54, 1.807) is 12.0 Å². The van der Waals surface area contributed by atoms with Gasteiger partial charge in [-0.1, -0.05) is 0 Å². The third-order valence-corrected chi connectivity index (χ3v) is 2.38. The Morgan fingerprint density at radius 3 is 2.69 bits per heavy atom. The van der Waals surface area contributed by atoms with Crippen molar-refractivity contribution in [3.63, 3.8) is 0 Å². The van der Waals surface area contributed by atoms with Crippen molar-refractivity contribution in [1.29, 1.82) is 0 Å². The van der Waals surface area contributed by atoms with Crippen molar-refractivity contribution in [3.8, 4) is 0 Å². The van der Waals surface area contributed by atoms with Gasteiger partial charge in [-0.15, -0.1) is 0 Å². The van der Waals surface area contributed by atoms with E-state index in [1.165, 1.54) is 0 Å². The Labute approximate surface area is 79.0 Å². The molecule has 0 aromatic rings. The number of carbonyl (C=O) groups is 1. The van der Waals surface area contributed by atoms with E-state index >= 15 is 0 Å². The van der Waals surface area contributed by atoms with E-state index < -0.39 is 0 Å². The highest BCUT2D eigenvalue weighted by Gasteiger charge is 2.37. The van der Waals surface area contributed by atoms with Gasteiger partial charge in [0.25, 0.3) is 0 Å². The molecular weight excluding hydrogens is 168 g/mol. The van der Waals surface area contributed by atoms with Gasteiger partial charge in [-0.05, 0) is 13.8 Å². The summed E-state index contributed by atoms with van der Waals surface area (Å²) in [5.74, 6) is 0.134. The van der Waals surface area contributed by atoms with E-state index in [9.17, 15) is 4.79 Å². The normalized spacial score (nSPS) is 24.2. The highest BCUT2D eigenvalue weighted by Crippen LogP contribution is 2.21. The zero-order valence-electron chi connectivity index (χ0n) is 8.54. The summed E-state index contributed by atoms with van der Waals surface area (Å²) in [5.41, 5.74) is 5.47. The molecule has 1 amide bonds. The van der Waals surface area contributed by atoms with Crippen LogP contribution >= 0.6 is 0 Å². The fourth-order valence-electron chi connectivity index (χ4n) is 1.75. The summed E-state index contributed by atoms with van der Waals surface area (Å²) in [7, 11) is 1.64. The number of ether oxygens (including phenoxy) is 1. The van der Waals surface area contributed by atoms with Gasteiger partial charge in [0.05, 0.1) is 12.1 Å². The second kappa shape index (κ2) is 3.64. The molecule has 1 fully saturated rings. The van der Waals surface area contributed by atoms with E-state index in [0.29, 0.717) is 19.6 Å². The third kappa shape index (κ3) is 2.19. The molecule has 0 radical (unpaired) electrons. The van der Waals surface area contributed by atoms with Crippen molar-refractivity contribution in [3.05, 3.63) is 0 Å². The van der Waals surface area contributed by atoms with Crippen molar-refractivity contribution in [2.75, 3.05) is 20.3 Å². The Kier molecular flexibility index (Phi) is 2.93. The molecule has 0 spiro atoms. The van der Waals surface area contributed by atoms with Gasteiger partial charge < -0.3 is 15.4 Å². The van der Waals surface area contributed by atoms with Gasteiger partial charge >= 0.3 is 0 Å². The second-order valence-electron chi connectivity index (χ2n) is 4.21. The molecule has 0 bridgehead atoms. The lowest BCUT2D eigenvalue weighted by atomic mass is 10.1. The van der Waals surface area contributed by atoms with E-state index in [-0.39, 0.29) is 17.5 Å². The molecule has 0 saturated carbocycles. The minimum absolute atomic E-state index is 0.0105. The monoisotopic (exact) mass is 186 g/mol. The average Bonchev–Trinajstić information content (AvgIpc) is 2.30. The van der Waals surface area contributed by atoms with Crippen LogP contribution in [0, 0.1) is 0 Å². The zero-order valence-corrected chi connectivity index (χ0v) is 8.54. The van der Waals surface area contributed by atoms with Gasteiger partial charge in [0.1, 0.15) is 0 Å². The van der Waals surface area contributed by atoms with Crippen molar-refractivity contribution >= 4 is 5.91 Å². The molecule has 2 N–H and O–H groups in total. The zero-order chi connectivity index (χ0) is 10.1. The molecule has 1 atom stereocenters. The average molecular weight is 186 g/mol. The first-order chi connectivity index (χ1) is 5.97. The first-order valence-corrected chi connectivity index (χ1v) is 4.52. The van der Waals surface area contributed by atoms with Crippen LogP contribution in [0.25, 0.3) is 0 Å². The van der Waals surface area contributed by atoms with Gasteiger partial charge in [0.2, 0.25) is 5.91 Å². The molecule has 1 saturated heterocycles. The number of amides is 1. The molecule has 76 valence electrons. The first kappa shape index (κ1) is 10.5. The molecule has 0 aromatic carbocycles. The van der Waals surface area contributed by atoms with Gasteiger partial charge in [-0.3, -0.25) is 4.79 Å². The van der Waals surface area contributed by atoms with Crippen molar-refractivity contribution in [2.45, 2.75) is 31.8 Å². The van der Waals surface area contributed by atoms with E-state index in [2.05, 4.69) is 0 Å². The Morgan fingerprint density at radius 2 is 2.31 bits per heavy atom. The number of likely N-dealkylation sites (tertiary alicyclic amines) is 1. The molecule has 1 unspecified atom stereocenters. The summed E-state index contributed by atoms with van der Waals surface area (Å²) in [6, 6.07) is -0.0105. The predicted molar refractivity (Wildman–Crippen MR) is 50.3 cm³/mol. The van der Waals surface area contributed by atoms with Crippen LogP contribution in [0.1, 0.15) is 20.3 Å². The number of rotatable bonds is 3. The van der Waals surface area contributed by atoms with Crippen LogP contribution in [0.2, 0.25) is 0 Å². The van der Waals surface area contributed by atoms with Crippen LogP contribution in [-0.4, -0.2) is 42.6 Å². The number of hydrogen-bond donors (Lipinski definition) is 1. The van der Waals surface area contributed by atoms with E-state index in [0.717, 1.165) is 0 Å². The highest BCUT2D eigenvalue weighted by molar-refractivity contribution is 5.80. The second-order valence-corrected chi connectivity index (χ2v) is 4.21. The van der Waals surface area contributed by atoms with Gasteiger partial charge in [0.15, 0.2) is 0 Å². The highest BCUT2D eigenvalue weighted by atomic mass is 16.5. The number of hydrogen-bond acceptors (Lipinski definition) is 3. The fraction of sp³-hybridized carbons (Fsp3) is 0.889. The Bertz CT molecular complexity index is 204. The topological polar surface area (TPSA) is 55.6 Å². The van der Waals surface area contributed by atoms with E-state index in [4.69, 9.17) is 10.5 Å². The standard InChI is InChI=1S/C9H18N2O2/c1-9(2,6-13-3)11-5-7(10)4-8(11)12/h7H,4-6,10H2,1-3H3. The molecule has 13 heavy (non-hydrogen) atoms. The SMILES string of the molecule is COCC(C)(C)N1CC(N)CC1=O. The quantitative estimate of drug-likeness (QED) is 0.673. The number of nitrogens with two attached hydrogens (primary N) is 1. The van der Waals surface area contributed by atoms with Crippen LogP contribution in [0.3, 0.4) is 0 Å². The number of methoxy groups -OCH3 is 1. The predicted octanol–water partition coefficient (Wildman–Crippen LogP) is -0.0290. The molecule has 1 aliphatic rings. The Morgan fingerprint density at radius 1 is 1.69 bits per heavy atom. The maximum Gasteiger partial charge on any atom is 0.224 e. The van der Waals surface area contributed by atoms with Crippen LogP contribution in [0.5, 0.6) is 0 Å². The summed E-state index contributed by atoms with van der Waals surface area (Å²) in [4.78, 5) is 13.3. The summed E-state index contributed by atoms with van der Waals surface area (Å²) >= 11 is 0. The van der Waals surface area contributed by atoms with Crippen molar-refractivity contribution < 1.29 is 9.53 Å². The molecule has 0 aromatic heterocycles. The van der Waals surface area contributed by atoms with Crippen molar-refractivity contribution in [1.82, 2.24) is 4.90 Å². The Balaban J connectivity index is 2.65. The maximum atomic E-state index is 11.5. The molecule has 1 heterocycles. The molecule has 4 nitrogen and oxygen atoms in total. The summed E-state index contributed by atoms with van der Waals surface area (Å²) < 4.78 is 5.07. The van der Waals surface area contributed by atoms with Crippen LogP contribution in [0.15, 0.2) is 0 Å². The van der Waals surface area contributed by atoms with E-state index in [1.807, 2.05) is 13.8 Å². The summed E-state index contributed by atoms with van der Waals surface area (Å²) in [6.45, 7) is 5.18. The molecule has 4 heteroatoms. The van der Waals surface area contributed by atoms with Gasteiger partial charge in [0, 0.05) is 26.1 Å². The molecule has 0 aliphatic carbocycles. The lowest BCUT2D eigenvalue weighted by Crippen LogP contribution is -2.48. The van der Waals surface area contributed by atoms with Gasteiger partial charge in [-0.25, -0.2) is 0 Å². The van der Waals surface area contributed by atoms with Crippen LogP contribution < -0.4 is 5.73 Å². The lowest BCUT2D eigenvalue weighted by Gasteiger charge is -2.34. The maximum absolute atomic E-state index is 11.5. The minimum atomic E-state index is -0.236. The smallest absolute Gasteiger partial charge is 0.224 e. The summed E-state index contributed by atoms with van der Waals surface area (Å²) in [5, 5.41) is 0. The number of carbonyl (C=O) groups excluding carboxylic acids is 1. The lowest BCUT2D eigenvalue weighted by molar-refractivity contribution is -0.133. The minimum Gasteiger partial charge on any atom is -0.382 e.